The molecule has 0 spiro atoms. The molecule has 114 valence electrons. The van der Waals surface area contributed by atoms with Gasteiger partial charge in [0.15, 0.2) is 0 Å². The van der Waals surface area contributed by atoms with E-state index in [4.69, 9.17) is 0 Å². The van der Waals surface area contributed by atoms with Crippen LogP contribution in [-0.4, -0.2) is 20.2 Å². The molecular weight excluding hydrogens is 252 g/mol. The number of hydrogen-bond acceptors (Lipinski definition) is 4. The van der Waals surface area contributed by atoms with Gasteiger partial charge in [0.1, 0.15) is 0 Å². The second-order valence-electron chi connectivity index (χ2n) is 6.46. The van der Waals surface area contributed by atoms with Crippen LogP contribution in [0.15, 0.2) is 0 Å². The lowest BCUT2D eigenvalue weighted by atomic mass is 10.00. The summed E-state index contributed by atoms with van der Waals surface area (Å²) in [4.78, 5) is 8.96. The summed E-state index contributed by atoms with van der Waals surface area (Å²) in [6, 6.07) is 0. The van der Waals surface area contributed by atoms with Gasteiger partial charge in [-0.2, -0.15) is 0 Å². The van der Waals surface area contributed by atoms with Crippen LogP contribution in [0.3, 0.4) is 0 Å². The lowest BCUT2D eigenvalue weighted by molar-refractivity contribution is 0.138. The van der Waals surface area contributed by atoms with Crippen molar-refractivity contribution in [1.29, 1.82) is 0 Å². The molecule has 1 rings (SSSR count). The van der Waals surface area contributed by atoms with Gasteiger partial charge >= 0.3 is 0 Å². The molecule has 1 aromatic rings. The standard InChI is InChI=1S/C16H28N2O2/c1-9(2)7-13(19)15-11(5)18-16(12(6)17-15)14(20)8-10(3)4/h9-10,13-14,19-20H,7-8H2,1-6H3. The fraction of sp³-hybridized carbons (Fsp3) is 0.750. The highest BCUT2D eigenvalue weighted by Crippen LogP contribution is 2.26. The zero-order valence-electron chi connectivity index (χ0n) is 13.5. The van der Waals surface area contributed by atoms with Crippen molar-refractivity contribution in [2.45, 2.75) is 66.6 Å². The lowest BCUT2D eigenvalue weighted by Crippen LogP contribution is -2.14. The minimum Gasteiger partial charge on any atom is -0.387 e. The van der Waals surface area contributed by atoms with Gasteiger partial charge in [-0.15, -0.1) is 0 Å². The Kier molecular flexibility index (Phi) is 6.08. The zero-order valence-corrected chi connectivity index (χ0v) is 13.5. The highest BCUT2D eigenvalue weighted by Gasteiger charge is 2.20. The van der Waals surface area contributed by atoms with E-state index in [2.05, 4.69) is 37.7 Å². The van der Waals surface area contributed by atoms with Gasteiger partial charge in [0.05, 0.1) is 35.0 Å². The Morgan fingerprint density at radius 3 is 1.30 bits per heavy atom. The van der Waals surface area contributed by atoms with E-state index in [1.54, 1.807) is 0 Å². The number of aryl methyl sites for hydroxylation is 2. The summed E-state index contributed by atoms with van der Waals surface area (Å²) >= 11 is 0. The molecule has 2 unspecified atom stereocenters. The van der Waals surface area contributed by atoms with Crippen molar-refractivity contribution < 1.29 is 10.2 Å². The fourth-order valence-corrected chi connectivity index (χ4v) is 2.39. The second kappa shape index (κ2) is 7.14. The molecule has 0 saturated carbocycles. The summed E-state index contributed by atoms with van der Waals surface area (Å²) in [7, 11) is 0. The van der Waals surface area contributed by atoms with E-state index in [-0.39, 0.29) is 0 Å². The largest absolute Gasteiger partial charge is 0.387 e. The van der Waals surface area contributed by atoms with E-state index in [1.807, 2.05) is 13.8 Å². The van der Waals surface area contributed by atoms with Crippen LogP contribution < -0.4 is 0 Å². The molecule has 0 aliphatic heterocycles. The zero-order chi connectivity index (χ0) is 15.4. The Balaban J connectivity index is 3.02. The van der Waals surface area contributed by atoms with Crippen LogP contribution in [0, 0.1) is 25.7 Å². The first-order valence-electron chi connectivity index (χ1n) is 7.43. The number of aliphatic hydroxyl groups excluding tert-OH is 2. The van der Waals surface area contributed by atoms with Gasteiger partial charge in [-0.3, -0.25) is 9.97 Å². The second-order valence-corrected chi connectivity index (χ2v) is 6.46. The predicted molar refractivity (Wildman–Crippen MR) is 80.3 cm³/mol. The maximum Gasteiger partial charge on any atom is 0.0980 e. The van der Waals surface area contributed by atoms with E-state index < -0.39 is 12.2 Å². The van der Waals surface area contributed by atoms with E-state index >= 15 is 0 Å². The first-order valence-corrected chi connectivity index (χ1v) is 7.43. The molecule has 0 aromatic carbocycles. The van der Waals surface area contributed by atoms with E-state index in [0.29, 0.717) is 47.5 Å². The minimum atomic E-state index is -0.586. The third-order valence-corrected chi connectivity index (χ3v) is 3.34. The Morgan fingerprint density at radius 2 is 1.05 bits per heavy atom. The van der Waals surface area contributed by atoms with Gasteiger partial charge < -0.3 is 10.2 Å². The molecule has 0 fully saturated rings. The average molecular weight is 280 g/mol. The summed E-state index contributed by atoms with van der Waals surface area (Å²) in [6.07, 6.45) is 0.168. The first kappa shape index (κ1) is 17.1. The van der Waals surface area contributed by atoms with Crippen LogP contribution in [-0.2, 0) is 0 Å². The van der Waals surface area contributed by atoms with Crippen LogP contribution >= 0.6 is 0 Å². The summed E-state index contributed by atoms with van der Waals surface area (Å²) in [6.45, 7) is 12.0. The van der Waals surface area contributed by atoms with Gasteiger partial charge in [-0.05, 0) is 38.5 Å². The van der Waals surface area contributed by atoms with Crippen LogP contribution in [0.5, 0.6) is 0 Å². The smallest absolute Gasteiger partial charge is 0.0980 e. The molecule has 0 saturated heterocycles. The molecule has 2 N–H and O–H groups in total. The molecule has 1 heterocycles. The van der Waals surface area contributed by atoms with Crippen molar-refractivity contribution in [2.24, 2.45) is 11.8 Å². The number of aliphatic hydroxyl groups is 2. The average Bonchev–Trinajstić information content (AvgIpc) is 2.29. The summed E-state index contributed by atoms with van der Waals surface area (Å²) < 4.78 is 0. The SMILES string of the molecule is Cc1nc(C(O)CC(C)C)c(C)nc1C(O)CC(C)C. The van der Waals surface area contributed by atoms with Gasteiger partial charge in [0.25, 0.3) is 0 Å². The van der Waals surface area contributed by atoms with E-state index in [0.717, 1.165) is 0 Å². The van der Waals surface area contributed by atoms with Crippen LogP contribution in [0.1, 0.15) is 75.5 Å². The van der Waals surface area contributed by atoms with E-state index in [1.165, 1.54) is 0 Å². The maximum atomic E-state index is 10.2. The normalized spacial score (nSPS) is 14.9. The number of hydrogen-bond donors (Lipinski definition) is 2. The number of rotatable bonds is 6. The summed E-state index contributed by atoms with van der Waals surface area (Å²) in [5.74, 6) is 0.801. The van der Waals surface area contributed by atoms with Crippen molar-refractivity contribution in [3.8, 4) is 0 Å². The predicted octanol–water partition coefficient (Wildman–Crippen LogP) is 3.25. The van der Waals surface area contributed by atoms with E-state index in [9.17, 15) is 10.2 Å². The van der Waals surface area contributed by atoms with Crippen LogP contribution in [0.2, 0.25) is 0 Å². The molecule has 4 nitrogen and oxygen atoms in total. The number of nitrogens with zero attached hydrogens (tertiary/aromatic N) is 2. The molecule has 2 atom stereocenters. The quantitative estimate of drug-likeness (QED) is 0.839. The highest BCUT2D eigenvalue weighted by atomic mass is 16.3. The molecule has 20 heavy (non-hydrogen) atoms. The topological polar surface area (TPSA) is 66.2 Å². The Labute approximate surface area is 122 Å². The lowest BCUT2D eigenvalue weighted by Gasteiger charge is -2.19. The van der Waals surface area contributed by atoms with Gasteiger partial charge in [-0.25, -0.2) is 0 Å². The molecule has 0 aliphatic rings. The Hall–Kier alpha value is -1.00. The third-order valence-electron chi connectivity index (χ3n) is 3.34. The van der Waals surface area contributed by atoms with Crippen molar-refractivity contribution in [3.63, 3.8) is 0 Å². The number of aromatic nitrogens is 2. The monoisotopic (exact) mass is 280 g/mol. The van der Waals surface area contributed by atoms with Crippen molar-refractivity contribution in [3.05, 3.63) is 22.8 Å². The third kappa shape index (κ3) is 4.53. The van der Waals surface area contributed by atoms with Crippen molar-refractivity contribution in [2.75, 3.05) is 0 Å². The molecule has 0 aliphatic carbocycles. The van der Waals surface area contributed by atoms with Gasteiger partial charge in [-0.1, -0.05) is 27.7 Å². The highest BCUT2D eigenvalue weighted by molar-refractivity contribution is 5.22. The molecule has 4 heteroatoms. The summed E-state index contributed by atoms with van der Waals surface area (Å²) in [5.41, 5.74) is 2.69. The Bertz CT molecular complexity index is 403. The van der Waals surface area contributed by atoms with Crippen LogP contribution in [0.4, 0.5) is 0 Å². The minimum absolute atomic E-state index is 0.401. The fourth-order valence-electron chi connectivity index (χ4n) is 2.39. The van der Waals surface area contributed by atoms with Crippen molar-refractivity contribution in [1.82, 2.24) is 9.97 Å². The molecular formula is C16H28N2O2. The maximum absolute atomic E-state index is 10.2. The first-order chi connectivity index (χ1) is 9.22. The van der Waals surface area contributed by atoms with Crippen molar-refractivity contribution >= 4 is 0 Å². The summed E-state index contributed by atoms with van der Waals surface area (Å²) in [5, 5.41) is 20.4. The molecule has 0 bridgehead atoms. The van der Waals surface area contributed by atoms with Gasteiger partial charge in [0, 0.05) is 0 Å². The molecule has 1 aromatic heterocycles. The molecule has 0 radical (unpaired) electrons. The molecule has 0 amide bonds. The van der Waals surface area contributed by atoms with Gasteiger partial charge in [0.2, 0.25) is 0 Å². The Morgan fingerprint density at radius 1 is 0.750 bits per heavy atom. The van der Waals surface area contributed by atoms with Crippen LogP contribution in [0.25, 0.3) is 0 Å².